The highest BCUT2D eigenvalue weighted by Gasteiger charge is 2.26. The van der Waals surface area contributed by atoms with Crippen LogP contribution in [0.4, 0.5) is 13.2 Å². The summed E-state index contributed by atoms with van der Waals surface area (Å²) in [4.78, 5) is 0. The molecule has 0 saturated carbocycles. The summed E-state index contributed by atoms with van der Waals surface area (Å²) in [6.07, 6.45) is -5.07. The number of methoxy groups -OCH3 is 1. The molecule has 3 nitrogen and oxygen atoms in total. The third kappa shape index (κ3) is 4.83. The smallest absolute Gasteiger partial charge is 0.389 e. The Kier molecular flexibility index (Phi) is 5.27. The van der Waals surface area contributed by atoms with Crippen molar-refractivity contribution in [2.24, 2.45) is 5.73 Å². The second-order valence-electron chi connectivity index (χ2n) is 3.76. The fourth-order valence-electron chi connectivity index (χ4n) is 1.41. The molecular formula is C12H16F3NO2. The van der Waals surface area contributed by atoms with E-state index in [1.54, 1.807) is 18.2 Å². The first kappa shape index (κ1) is 14.6. The SMILES string of the molecule is COc1cc(CN)ccc1OCCCC(F)(F)F. The Labute approximate surface area is 104 Å². The maximum absolute atomic E-state index is 11.9. The lowest BCUT2D eigenvalue weighted by Crippen LogP contribution is -2.10. The van der Waals surface area contributed by atoms with Crippen molar-refractivity contribution >= 4 is 0 Å². The van der Waals surface area contributed by atoms with Gasteiger partial charge in [0.15, 0.2) is 11.5 Å². The van der Waals surface area contributed by atoms with Gasteiger partial charge in [0.2, 0.25) is 0 Å². The van der Waals surface area contributed by atoms with Crippen molar-refractivity contribution in [3.63, 3.8) is 0 Å². The fourth-order valence-corrected chi connectivity index (χ4v) is 1.41. The summed E-state index contributed by atoms with van der Waals surface area (Å²) in [6, 6.07) is 5.11. The van der Waals surface area contributed by atoms with E-state index in [2.05, 4.69) is 0 Å². The lowest BCUT2D eigenvalue weighted by molar-refractivity contribution is -0.136. The molecule has 0 radical (unpaired) electrons. The zero-order chi connectivity index (χ0) is 13.6. The third-order valence-electron chi connectivity index (χ3n) is 2.33. The van der Waals surface area contributed by atoms with E-state index >= 15 is 0 Å². The van der Waals surface area contributed by atoms with Gasteiger partial charge in [-0.05, 0) is 24.1 Å². The van der Waals surface area contributed by atoms with E-state index in [9.17, 15) is 13.2 Å². The van der Waals surface area contributed by atoms with E-state index in [4.69, 9.17) is 15.2 Å². The molecule has 0 aliphatic carbocycles. The van der Waals surface area contributed by atoms with E-state index in [-0.39, 0.29) is 13.0 Å². The molecule has 0 bridgehead atoms. The zero-order valence-electron chi connectivity index (χ0n) is 10.1. The summed E-state index contributed by atoms with van der Waals surface area (Å²) in [5.74, 6) is 0.904. The Hall–Kier alpha value is -1.43. The van der Waals surface area contributed by atoms with Gasteiger partial charge in [0.25, 0.3) is 0 Å². The minimum absolute atomic E-state index is 0.00214. The Morgan fingerprint density at radius 1 is 1.22 bits per heavy atom. The summed E-state index contributed by atoms with van der Waals surface area (Å²) in [5.41, 5.74) is 6.34. The number of ether oxygens (including phenoxy) is 2. The van der Waals surface area contributed by atoms with Gasteiger partial charge in [-0.2, -0.15) is 13.2 Å². The summed E-state index contributed by atoms with van der Waals surface area (Å²) in [7, 11) is 1.47. The summed E-state index contributed by atoms with van der Waals surface area (Å²) >= 11 is 0. The molecule has 0 heterocycles. The number of hydrogen-bond acceptors (Lipinski definition) is 3. The lowest BCUT2D eigenvalue weighted by atomic mass is 10.2. The van der Waals surface area contributed by atoms with Crippen molar-refractivity contribution in [2.75, 3.05) is 13.7 Å². The second kappa shape index (κ2) is 6.49. The van der Waals surface area contributed by atoms with E-state index < -0.39 is 12.6 Å². The molecule has 0 aromatic heterocycles. The highest BCUT2D eigenvalue weighted by Crippen LogP contribution is 2.28. The monoisotopic (exact) mass is 263 g/mol. The first-order valence-electron chi connectivity index (χ1n) is 5.53. The molecule has 0 aliphatic heterocycles. The van der Waals surface area contributed by atoms with E-state index in [0.717, 1.165) is 5.56 Å². The van der Waals surface area contributed by atoms with Crippen LogP contribution < -0.4 is 15.2 Å². The number of rotatable bonds is 6. The molecule has 18 heavy (non-hydrogen) atoms. The normalized spacial score (nSPS) is 11.4. The van der Waals surface area contributed by atoms with Crippen molar-refractivity contribution in [1.82, 2.24) is 0 Å². The minimum atomic E-state index is -4.14. The summed E-state index contributed by atoms with van der Waals surface area (Å²) in [5, 5.41) is 0. The Morgan fingerprint density at radius 2 is 1.94 bits per heavy atom. The van der Waals surface area contributed by atoms with Gasteiger partial charge in [-0.3, -0.25) is 0 Å². The van der Waals surface area contributed by atoms with Crippen molar-refractivity contribution < 1.29 is 22.6 Å². The van der Waals surface area contributed by atoms with Crippen LogP contribution in [-0.4, -0.2) is 19.9 Å². The van der Waals surface area contributed by atoms with Gasteiger partial charge < -0.3 is 15.2 Å². The molecule has 0 fully saturated rings. The first-order chi connectivity index (χ1) is 8.46. The van der Waals surface area contributed by atoms with Crippen molar-refractivity contribution in [3.8, 4) is 11.5 Å². The molecule has 102 valence electrons. The number of hydrogen-bond donors (Lipinski definition) is 1. The van der Waals surface area contributed by atoms with Crippen LogP contribution in [0.3, 0.4) is 0 Å². The van der Waals surface area contributed by atoms with Crippen molar-refractivity contribution in [2.45, 2.75) is 25.6 Å². The molecular weight excluding hydrogens is 247 g/mol. The average Bonchev–Trinajstić information content (AvgIpc) is 2.33. The van der Waals surface area contributed by atoms with E-state index in [1.165, 1.54) is 7.11 Å². The number of alkyl halides is 3. The standard InChI is InChI=1S/C12H16F3NO2/c1-17-11-7-9(8-16)3-4-10(11)18-6-2-5-12(13,14)15/h3-4,7H,2,5-6,8,16H2,1H3. The molecule has 0 spiro atoms. The highest BCUT2D eigenvalue weighted by molar-refractivity contribution is 5.42. The quantitative estimate of drug-likeness (QED) is 0.803. The molecule has 1 aromatic carbocycles. The average molecular weight is 263 g/mol. The molecule has 0 atom stereocenters. The van der Waals surface area contributed by atoms with Crippen molar-refractivity contribution in [3.05, 3.63) is 23.8 Å². The number of nitrogens with two attached hydrogens (primary N) is 1. The minimum Gasteiger partial charge on any atom is -0.493 e. The van der Waals surface area contributed by atoms with Crippen LogP contribution in [0.1, 0.15) is 18.4 Å². The van der Waals surface area contributed by atoms with Crippen molar-refractivity contribution in [1.29, 1.82) is 0 Å². The van der Waals surface area contributed by atoms with Crippen LogP contribution in [0.25, 0.3) is 0 Å². The van der Waals surface area contributed by atoms with Gasteiger partial charge in [0.1, 0.15) is 0 Å². The first-order valence-corrected chi connectivity index (χ1v) is 5.53. The van der Waals surface area contributed by atoms with Crippen LogP contribution in [0.5, 0.6) is 11.5 Å². The maximum Gasteiger partial charge on any atom is 0.389 e. The molecule has 0 aliphatic rings. The predicted octanol–water partition coefficient (Wildman–Crippen LogP) is 2.88. The molecule has 2 N–H and O–H groups in total. The predicted molar refractivity (Wildman–Crippen MR) is 61.7 cm³/mol. The summed E-state index contributed by atoms with van der Waals surface area (Å²) in [6.45, 7) is 0.364. The Bertz CT molecular complexity index is 380. The molecule has 1 aromatic rings. The van der Waals surface area contributed by atoms with Crippen LogP contribution in [-0.2, 0) is 6.54 Å². The van der Waals surface area contributed by atoms with Gasteiger partial charge >= 0.3 is 6.18 Å². The van der Waals surface area contributed by atoms with Crippen LogP contribution in [0.2, 0.25) is 0 Å². The largest absolute Gasteiger partial charge is 0.493 e. The van der Waals surface area contributed by atoms with Crippen LogP contribution >= 0.6 is 0 Å². The zero-order valence-corrected chi connectivity index (χ0v) is 10.1. The number of halogens is 3. The van der Waals surface area contributed by atoms with Crippen LogP contribution in [0, 0.1) is 0 Å². The lowest BCUT2D eigenvalue weighted by Gasteiger charge is -2.12. The van der Waals surface area contributed by atoms with Gasteiger partial charge in [0, 0.05) is 13.0 Å². The van der Waals surface area contributed by atoms with E-state index in [1.807, 2.05) is 0 Å². The summed E-state index contributed by atoms with van der Waals surface area (Å²) < 4.78 is 46.1. The van der Waals surface area contributed by atoms with Crippen LogP contribution in [0.15, 0.2) is 18.2 Å². The topological polar surface area (TPSA) is 44.5 Å². The fraction of sp³-hybridized carbons (Fsp3) is 0.500. The van der Waals surface area contributed by atoms with E-state index in [0.29, 0.717) is 18.0 Å². The molecule has 1 rings (SSSR count). The molecule has 0 unspecified atom stereocenters. The number of benzene rings is 1. The van der Waals surface area contributed by atoms with Gasteiger partial charge in [0.05, 0.1) is 13.7 Å². The Balaban J connectivity index is 2.51. The van der Waals surface area contributed by atoms with Gasteiger partial charge in [-0.25, -0.2) is 0 Å². The Morgan fingerprint density at radius 3 is 2.50 bits per heavy atom. The maximum atomic E-state index is 11.9. The molecule has 6 heteroatoms. The van der Waals surface area contributed by atoms with Gasteiger partial charge in [-0.15, -0.1) is 0 Å². The third-order valence-corrected chi connectivity index (χ3v) is 2.33. The molecule has 0 amide bonds. The molecule has 0 saturated heterocycles. The second-order valence-corrected chi connectivity index (χ2v) is 3.76. The van der Waals surface area contributed by atoms with Gasteiger partial charge in [-0.1, -0.05) is 6.07 Å². The highest BCUT2D eigenvalue weighted by atomic mass is 19.4.